The van der Waals surface area contributed by atoms with Gasteiger partial charge in [0.15, 0.2) is 5.75 Å². The lowest BCUT2D eigenvalue weighted by atomic mass is 10.2. The SMILES string of the molecule is CCn1ncc(OC)c1C(O)COCC(F)(F)F. The maximum atomic E-state index is 11.9. The van der Waals surface area contributed by atoms with Crippen LogP contribution in [0.15, 0.2) is 6.20 Å². The fourth-order valence-electron chi connectivity index (χ4n) is 1.49. The molecule has 0 fully saturated rings. The zero-order valence-corrected chi connectivity index (χ0v) is 10.1. The Labute approximate surface area is 102 Å². The molecule has 0 saturated heterocycles. The van der Waals surface area contributed by atoms with Crippen LogP contribution in [0.25, 0.3) is 0 Å². The first-order chi connectivity index (χ1) is 8.39. The van der Waals surface area contributed by atoms with Gasteiger partial charge in [-0.15, -0.1) is 0 Å². The van der Waals surface area contributed by atoms with Gasteiger partial charge in [-0.05, 0) is 6.92 Å². The van der Waals surface area contributed by atoms with Crippen LogP contribution >= 0.6 is 0 Å². The van der Waals surface area contributed by atoms with E-state index in [4.69, 9.17) is 4.74 Å². The minimum absolute atomic E-state index is 0.308. The summed E-state index contributed by atoms with van der Waals surface area (Å²) in [5.41, 5.74) is 0.308. The molecule has 1 aromatic heterocycles. The highest BCUT2D eigenvalue weighted by atomic mass is 19.4. The molecule has 1 heterocycles. The Kier molecular flexibility index (Phi) is 4.97. The standard InChI is InChI=1S/C10H15F3N2O3/c1-3-15-9(8(17-2)4-14-15)7(16)5-18-6-10(11,12)13/h4,7,16H,3,5-6H2,1-2H3. The zero-order chi connectivity index (χ0) is 13.8. The fourth-order valence-corrected chi connectivity index (χ4v) is 1.49. The number of aryl methyl sites for hydroxylation is 1. The first-order valence-corrected chi connectivity index (χ1v) is 5.31. The van der Waals surface area contributed by atoms with Gasteiger partial charge in [-0.3, -0.25) is 4.68 Å². The lowest BCUT2D eigenvalue weighted by molar-refractivity contribution is -0.179. The van der Waals surface area contributed by atoms with E-state index in [2.05, 4.69) is 9.84 Å². The molecular weight excluding hydrogens is 253 g/mol. The van der Waals surface area contributed by atoms with Gasteiger partial charge in [-0.1, -0.05) is 0 Å². The molecule has 0 aliphatic rings. The summed E-state index contributed by atoms with van der Waals surface area (Å²) in [6, 6.07) is 0. The van der Waals surface area contributed by atoms with E-state index in [1.54, 1.807) is 6.92 Å². The van der Waals surface area contributed by atoms with Gasteiger partial charge in [0.25, 0.3) is 0 Å². The van der Waals surface area contributed by atoms with E-state index in [0.717, 1.165) is 0 Å². The van der Waals surface area contributed by atoms with Gasteiger partial charge in [0.1, 0.15) is 18.4 Å². The largest absolute Gasteiger partial charge is 0.493 e. The van der Waals surface area contributed by atoms with Crippen LogP contribution in [0.3, 0.4) is 0 Å². The molecule has 5 nitrogen and oxygen atoms in total. The van der Waals surface area contributed by atoms with Crippen molar-refractivity contribution in [3.05, 3.63) is 11.9 Å². The minimum Gasteiger partial charge on any atom is -0.493 e. The number of alkyl halides is 3. The van der Waals surface area contributed by atoms with Gasteiger partial charge in [0.05, 0.1) is 19.9 Å². The molecule has 0 bridgehead atoms. The summed E-state index contributed by atoms with van der Waals surface area (Å²) in [5, 5.41) is 13.7. The fraction of sp³-hybridized carbons (Fsp3) is 0.700. The average molecular weight is 268 g/mol. The number of nitrogens with zero attached hydrogens (tertiary/aromatic N) is 2. The first-order valence-electron chi connectivity index (χ1n) is 5.31. The number of aliphatic hydroxyl groups excluding tert-OH is 1. The van der Waals surface area contributed by atoms with Crippen LogP contribution in [-0.4, -0.2) is 41.4 Å². The highest BCUT2D eigenvalue weighted by molar-refractivity contribution is 5.27. The number of ether oxygens (including phenoxy) is 2. The van der Waals surface area contributed by atoms with Gasteiger partial charge in [-0.25, -0.2) is 0 Å². The molecular formula is C10H15F3N2O3. The summed E-state index contributed by atoms with van der Waals surface area (Å²) >= 11 is 0. The Hall–Kier alpha value is -1.28. The third-order valence-corrected chi connectivity index (χ3v) is 2.22. The Morgan fingerprint density at radius 2 is 2.17 bits per heavy atom. The summed E-state index contributed by atoms with van der Waals surface area (Å²) in [5.74, 6) is 0.319. The van der Waals surface area contributed by atoms with Crippen molar-refractivity contribution in [1.29, 1.82) is 0 Å². The minimum atomic E-state index is -4.41. The van der Waals surface area contributed by atoms with Crippen LogP contribution in [0, 0.1) is 0 Å². The van der Waals surface area contributed by atoms with Crippen LogP contribution < -0.4 is 4.74 Å². The van der Waals surface area contributed by atoms with E-state index in [-0.39, 0.29) is 0 Å². The molecule has 0 aliphatic carbocycles. The Bertz CT molecular complexity index is 357. The molecule has 1 atom stereocenters. The Morgan fingerprint density at radius 3 is 2.67 bits per heavy atom. The van der Waals surface area contributed by atoms with Crippen LogP contribution in [0.5, 0.6) is 5.75 Å². The van der Waals surface area contributed by atoms with Crippen molar-refractivity contribution < 1.29 is 27.8 Å². The second kappa shape index (κ2) is 6.05. The molecule has 1 N–H and O–H groups in total. The molecule has 0 saturated carbocycles. The third-order valence-electron chi connectivity index (χ3n) is 2.22. The van der Waals surface area contributed by atoms with Crippen molar-refractivity contribution in [2.75, 3.05) is 20.3 Å². The van der Waals surface area contributed by atoms with E-state index < -0.39 is 25.5 Å². The topological polar surface area (TPSA) is 56.5 Å². The van der Waals surface area contributed by atoms with Crippen molar-refractivity contribution in [3.8, 4) is 5.75 Å². The third kappa shape index (κ3) is 3.88. The summed E-state index contributed by atoms with van der Waals surface area (Å²) in [6.07, 6.45) is -4.23. The van der Waals surface area contributed by atoms with Gasteiger partial charge in [-0.2, -0.15) is 18.3 Å². The molecule has 0 spiro atoms. The van der Waals surface area contributed by atoms with Crippen molar-refractivity contribution in [2.45, 2.75) is 25.7 Å². The molecule has 0 amide bonds. The lowest BCUT2D eigenvalue weighted by Crippen LogP contribution is -2.21. The number of aromatic nitrogens is 2. The Morgan fingerprint density at radius 1 is 1.50 bits per heavy atom. The second-order valence-corrected chi connectivity index (χ2v) is 3.56. The molecule has 104 valence electrons. The molecule has 1 aromatic rings. The predicted octanol–water partition coefficient (Wildman–Crippen LogP) is 1.52. The van der Waals surface area contributed by atoms with Crippen molar-refractivity contribution in [1.82, 2.24) is 9.78 Å². The summed E-state index contributed by atoms with van der Waals surface area (Å²) in [6.45, 7) is 0.391. The van der Waals surface area contributed by atoms with Crippen molar-refractivity contribution >= 4 is 0 Å². The van der Waals surface area contributed by atoms with Gasteiger partial charge in [0, 0.05) is 6.54 Å². The van der Waals surface area contributed by atoms with E-state index in [1.807, 2.05) is 0 Å². The predicted molar refractivity (Wildman–Crippen MR) is 56.3 cm³/mol. The summed E-state index contributed by atoms with van der Waals surface area (Å²) in [4.78, 5) is 0. The normalized spacial score (nSPS) is 13.7. The van der Waals surface area contributed by atoms with Gasteiger partial charge in [0.2, 0.25) is 0 Å². The van der Waals surface area contributed by atoms with Gasteiger partial charge < -0.3 is 14.6 Å². The summed E-state index contributed by atoms with van der Waals surface area (Å²) < 4.78 is 46.5. The average Bonchev–Trinajstić information content (AvgIpc) is 2.69. The smallest absolute Gasteiger partial charge is 0.411 e. The molecule has 0 aromatic carbocycles. The number of hydrogen-bond acceptors (Lipinski definition) is 4. The van der Waals surface area contributed by atoms with E-state index in [9.17, 15) is 18.3 Å². The number of hydrogen-bond donors (Lipinski definition) is 1. The van der Waals surface area contributed by atoms with Crippen LogP contribution in [0.2, 0.25) is 0 Å². The number of aliphatic hydroxyl groups is 1. The second-order valence-electron chi connectivity index (χ2n) is 3.56. The molecule has 1 unspecified atom stereocenters. The number of methoxy groups -OCH3 is 1. The lowest BCUT2D eigenvalue weighted by Gasteiger charge is -2.15. The maximum Gasteiger partial charge on any atom is 0.411 e. The highest BCUT2D eigenvalue weighted by Crippen LogP contribution is 2.25. The molecule has 8 heteroatoms. The van der Waals surface area contributed by atoms with Crippen LogP contribution in [0.1, 0.15) is 18.7 Å². The highest BCUT2D eigenvalue weighted by Gasteiger charge is 2.28. The maximum absolute atomic E-state index is 11.9. The molecule has 1 rings (SSSR count). The first kappa shape index (κ1) is 14.8. The number of halogens is 3. The van der Waals surface area contributed by atoms with Crippen LogP contribution in [0.4, 0.5) is 13.2 Å². The van der Waals surface area contributed by atoms with Crippen LogP contribution in [-0.2, 0) is 11.3 Å². The quantitative estimate of drug-likeness (QED) is 0.850. The molecule has 0 aliphatic heterocycles. The van der Waals surface area contributed by atoms with E-state index >= 15 is 0 Å². The van der Waals surface area contributed by atoms with E-state index in [1.165, 1.54) is 18.0 Å². The van der Waals surface area contributed by atoms with E-state index in [0.29, 0.717) is 18.0 Å². The van der Waals surface area contributed by atoms with Crippen molar-refractivity contribution in [3.63, 3.8) is 0 Å². The van der Waals surface area contributed by atoms with Gasteiger partial charge >= 0.3 is 6.18 Å². The Balaban J connectivity index is 2.65. The zero-order valence-electron chi connectivity index (χ0n) is 10.1. The molecule has 0 radical (unpaired) electrons. The molecule has 18 heavy (non-hydrogen) atoms. The number of rotatable bonds is 6. The summed E-state index contributed by atoms with van der Waals surface area (Å²) in [7, 11) is 1.39. The monoisotopic (exact) mass is 268 g/mol. The van der Waals surface area contributed by atoms with Crippen molar-refractivity contribution in [2.24, 2.45) is 0 Å².